The van der Waals surface area contributed by atoms with Gasteiger partial charge in [0.05, 0.1) is 17.7 Å². The Labute approximate surface area is 118 Å². The molecule has 4 heteroatoms. The Morgan fingerprint density at radius 2 is 2.15 bits per heavy atom. The first-order valence-corrected chi connectivity index (χ1v) is 6.79. The van der Waals surface area contributed by atoms with Gasteiger partial charge in [-0.3, -0.25) is 4.68 Å². The SMILES string of the molecule is Cn1cc(C(O)C2(C#N)CCc3ccccc3C2)cn1. The quantitative estimate of drug-likeness (QED) is 0.907. The van der Waals surface area contributed by atoms with Crippen LogP contribution in [0, 0.1) is 16.7 Å². The lowest BCUT2D eigenvalue weighted by Crippen LogP contribution is -2.33. The number of nitrogens with zero attached hydrogens (tertiary/aromatic N) is 3. The lowest BCUT2D eigenvalue weighted by atomic mass is 9.68. The number of rotatable bonds is 2. The molecule has 4 nitrogen and oxygen atoms in total. The number of aromatic nitrogens is 2. The Kier molecular flexibility index (Phi) is 3.07. The van der Waals surface area contributed by atoms with E-state index in [-0.39, 0.29) is 0 Å². The maximum atomic E-state index is 10.7. The average molecular weight is 267 g/mol. The van der Waals surface area contributed by atoms with Crippen molar-refractivity contribution >= 4 is 0 Å². The van der Waals surface area contributed by atoms with Crippen LogP contribution in [0.15, 0.2) is 36.7 Å². The van der Waals surface area contributed by atoms with Gasteiger partial charge in [0, 0.05) is 18.8 Å². The molecule has 1 aromatic heterocycles. The van der Waals surface area contributed by atoms with Crippen LogP contribution in [0.3, 0.4) is 0 Å². The van der Waals surface area contributed by atoms with Crippen molar-refractivity contribution in [2.45, 2.75) is 25.4 Å². The van der Waals surface area contributed by atoms with E-state index in [0.29, 0.717) is 18.4 Å². The first kappa shape index (κ1) is 12.9. The maximum absolute atomic E-state index is 10.7. The van der Waals surface area contributed by atoms with Crippen molar-refractivity contribution in [1.82, 2.24) is 9.78 Å². The molecular formula is C16H17N3O. The molecule has 102 valence electrons. The third kappa shape index (κ3) is 2.00. The van der Waals surface area contributed by atoms with Crippen molar-refractivity contribution in [2.24, 2.45) is 12.5 Å². The number of aliphatic hydroxyl groups excluding tert-OH is 1. The topological polar surface area (TPSA) is 61.8 Å². The number of fused-ring (bicyclic) bond motifs is 1. The molecule has 0 radical (unpaired) electrons. The van der Waals surface area contributed by atoms with Crippen molar-refractivity contribution in [3.8, 4) is 6.07 Å². The van der Waals surface area contributed by atoms with Gasteiger partial charge < -0.3 is 5.11 Å². The van der Waals surface area contributed by atoms with Gasteiger partial charge in [-0.2, -0.15) is 10.4 Å². The van der Waals surface area contributed by atoms with Crippen LogP contribution in [-0.4, -0.2) is 14.9 Å². The highest BCUT2D eigenvalue weighted by molar-refractivity contribution is 5.34. The van der Waals surface area contributed by atoms with Crippen LogP contribution in [0.5, 0.6) is 0 Å². The average Bonchev–Trinajstić information content (AvgIpc) is 2.92. The molecule has 1 heterocycles. The summed E-state index contributed by atoms with van der Waals surface area (Å²) < 4.78 is 1.65. The zero-order valence-electron chi connectivity index (χ0n) is 11.5. The molecule has 1 aliphatic rings. The van der Waals surface area contributed by atoms with Crippen molar-refractivity contribution in [1.29, 1.82) is 5.26 Å². The second-order valence-electron chi connectivity index (χ2n) is 5.56. The molecule has 2 unspecified atom stereocenters. The lowest BCUT2D eigenvalue weighted by Gasteiger charge is -2.35. The van der Waals surface area contributed by atoms with Crippen molar-refractivity contribution in [3.05, 3.63) is 53.3 Å². The number of benzene rings is 1. The van der Waals surface area contributed by atoms with Crippen LogP contribution in [0.4, 0.5) is 0 Å². The monoisotopic (exact) mass is 267 g/mol. The molecule has 0 spiro atoms. The molecule has 3 rings (SSSR count). The predicted molar refractivity (Wildman–Crippen MR) is 74.7 cm³/mol. The highest BCUT2D eigenvalue weighted by Crippen LogP contribution is 2.44. The van der Waals surface area contributed by atoms with Crippen LogP contribution in [0.25, 0.3) is 0 Å². The lowest BCUT2D eigenvalue weighted by molar-refractivity contribution is 0.0525. The normalized spacial score (nSPS) is 22.9. The molecule has 2 atom stereocenters. The molecule has 1 N–H and O–H groups in total. The number of nitriles is 1. The Balaban J connectivity index is 1.96. The predicted octanol–water partition coefficient (Wildman–Crippen LogP) is 2.15. The van der Waals surface area contributed by atoms with E-state index in [9.17, 15) is 10.4 Å². The van der Waals surface area contributed by atoms with Gasteiger partial charge in [0.1, 0.15) is 6.10 Å². The second-order valence-corrected chi connectivity index (χ2v) is 5.56. The minimum atomic E-state index is -0.797. The third-order valence-corrected chi connectivity index (χ3v) is 4.25. The fourth-order valence-electron chi connectivity index (χ4n) is 3.05. The molecule has 2 aromatic rings. The molecule has 0 saturated heterocycles. The van der Waals surface area contributed by atoms with Gasteiger partial charge in [-0.15, -0.1) is 0 Å². The van der Waals surface area contributed by atoms with Crippen LogP contribution >= 0.6 is 0 Å². The fourth-order valence-corrected chi connectivity index (χ4v) is 3.05. The zero-order valence-corrected chi connectivity index (χ0v) is 11.5. The Morgan fingerprint density at radius 3 is 2.80 bits per heavy atom. The molecule has 1 aromatic carbocycles. The summed E-state index contributed by atoms with van der Waals surface area (Å²) in [7, 11) is 1.81. The molecular weight excluding hydrogens is 250 g/mol. The zero-order chi connectivity index (χ0) is 14.2. The molecule has 0 amide bonds. The summed E-state index contributed by atoms with van der Waals surface area (Å²) in [6.07, 6.45) is 4.73. The number of aryl methyl sites for hydroxylation is 2. The molecule has 1 aliphatic carbocycles. The van der Waals surface area contributed by atoms with Gasteiger partial charge >= 0.3 is 0 Å². The van der Waals surface area contributed by atoms with E-state index in [2.05, 4.69) is 23.3 Å². The van der Waals surface area contributed by atoms with E-state index in [1.165, 1.54) is 11.1 Å². The van der Waals surface area contributed by atoms with Gasteiger partial charge in [-0.1, -0.05) is 24.3 Å². The van der Waals surface area contributed by atoms with Gasteiger partial charge in [0.15, 0.2) is 0 Å². The molecule has 0 aliphatic heterocycles. The Bertz CT molecular complexity index is 670. The van der Waals surface area contributed by atoms with Gasteiger partial charge in [0.25, 0.3) is 0 Å². The second kappa shape index (κ2) is 4.77. The molecule has 0 fully saturated rings. The van der Waals surface area contributed by atoms with E-state index in [1.54, 1.807) is 17.1 Å². The summed E-state index contributed by atoms with van der Waals surface area (Å²) >= 11 is 0. The number of aliphatic hydroxyl groups is 1. The summed E-state index contributed by atoms with van der Waals surface area (Å²) in [4.78, 5) is 0. The third-order valence-electron chi connectivity index (χ3n) is 4.25. The molecule has 0 saturated carbocycles. The van der Waals surface area contributed by atoms with E-state index in [0.717, 1.165) is 6.42 Å². The standard InChI is InChI=1S/C16H17N3O/c1-19-10-14(9-18-19)15(20)16(11-17)7-6-12-4-2-3-5-13(12)8-16/h2-5,9-10,15,20H,6-8H2,1H3. The summed E-state index contributed by atoms with van der Waals surface area (Å²) in [5.41, 5.74) is 2.42. The van der Waals surface area contributed by atoms with Crippen molar-refractivity contribution in [3.63, 3.8) is 0 Å². The van der Waals surface area contributed by atoms with Crippen molar-refractivity contribution < 1.29 is 5.11 Å². The van der Waals surface area contributed by atoms with Crippen LogP contribution in [0.2, 0.25) is 0 Å². The summed E-state index contributed by atoms with van der Waals surface area (Å²) in [6, 6.07) is 10.5. The van der Waals surface area contributed by atoms with Crippen LogP contribution in [-0.2, 0) is 19.9 Å². The summed E-state index contributed by atoms with van der Waals surface area (Å²) in [5, 5.41) is 24.4. The largest absolute Gasteiger partial charge is 0.387 e. The van der Waals surface area contributed by atoms with E-state index in [1.807, 2.05) is 19.2 Å². The molecule has 0 bridgehead atoms. The first-order chi connectivity index (χ1) is 9.64. The first-order valence-electron chi connectivity index (χ1n) is 6.79. The van der Waals surface area contributed by atoms with Crippen LogP contribution < -0.4 is 0 Å². The van der Waals surface area contributed by atoms with Crippen molar-refractivity contribution in [2.75, 3.05) is 0 Å². The Morgan fingerprint density at radius 1 is 1.40 bits per heavy atom. The Hall–Kier alpha value is -2.12. The smallest absolute Gasteiger partial charge is 0.101 e. The summed E-state index contributed by atoms with van der Waals surface area (Å²) in [6.45, 7) is 0. The highest BCUT2D eigenvalue weighted by atomic mass is 16.3. The number of hydrogen-bond donors (Lipinski definition) is 1. The van der Waals surface area contributed by atoms with Gasteiger partial charge in [-0.05, 0) is 30.4 Å². The fraction of sp³-hybridized carbons (Fsp3) is 0.375. The van der Waals surface area contributed by atoms with Crippen LogP contribution in [0.1, 0.15) is 29.2 Å². The maximum Gasteiger partial charge on any atom is 0.101 e. The van der Waals surface area contributed by atoms with E-state index < -0.39 is 11.5 Å². The molecule has 20 heavy (non-hydrogen) atoms. The van der Waals surface area contributed by atoms with E-state index >= 15 is 0 Å². The highest BCUT2D eigenvalue weighted by Gasteiger charge is 2.42. The minimum absolute atomic E-state index is 0.593. The summed E-state index contributed by atoms with van der Waals surface area (Å²) in [5.74, 6) is 0. The minimum Gasteiger partial charge on any atom is -0.387 e. The number of hydrogen-bond acceptors (Lipinski definition) is 3. The van der Waals surface area contributed by atoms with Gasteiger partial charge in [-0.25, -0.2) is 0 Å². The van der Waals surface area contributed by atoms with Gasteiger partial charge in [0.2, 0.25) is 0 Å². The van der Waals surface area contributed by atoms with E-state index in [4.69, 9.17) is 0 Å².